The molecule has 3 heteroatoms. The van der Waals surface area contributed by atoms with Crippen molar-refractivity contribution in [3.8, 4) is 6.07 Å². The first-order chi connectivity index (χ1) is 11.2. The van der Waals surface area contributed by atoms with Gasteiger partial charge in [0.2, 0.25) is 0 Å². The molecule has 3 aromatic carbocycles. The lowest BCUT2D eigenvalue weighted by molar-refractivity contribution is -0.130. The molecular weight excluding hydrogens is 286 g/mol. The summed E-state index contributed by atoms with van der Waals surface area (Å²) in [7, 11) is 0. The number of hydrogen-bond acceptors (Lipinski definition) is 2. The minimum atomic E-state index is -1.11. The highest BCUT2D eigenvalue weighted by molar-refractivity contribution is 6.26. The van der Waals surface area contributed by atoms with Gasteiger partial charge in [-0.3, -0.25) is 0 Å². The first-order valence-corrected chi connectivity index (χ1v) is 7.13. The third-order valence-corrected chi connectivity index (χ3v) is 3.68. The minimum absolute atomic E-state index is 0.0180. The van der Waals surface area contributed by atoms with E-state index in [9.17, 15) is 15.2 Å². The molecule has 110 valence electrons. The first-order valence-electron chi connectivity index (χ1n) is 7.13. The van der Waals surface area contributed by atoms with E-state index in [-0.39, 0.29) is 11.1 Å². The van der Waals surface area contributed by atoms with Gasteiger partial charge >= 0.3 is 5.97 Å². The van der Waals surface area contributed by atoms with Crippen LogP contribution in [-0.4, -0.2) is 11.1 Å². The monoisotopic (exact) mass is 299 g/mol. The SMILES string of the molecule is N#CC(=C(C(=O)O)c1ccc2ccccc2c1)c1ccccc1. The summed E-state index contributed by atoms with van der Waals surface area (Å²) in [6, 6.07) is 24.1. The zero-order valence-corrected chi connectivity index (χ0v) is 12.2. The Balaban J connectivity index is 2.27. The van der Waals surface area contributed by atoms with Crippen LogP contribution in [0.2, 0.25) is 0 Å². The largest absolute Gasteiger partial charge is 0.478 e. The van der Waals surface area contributed by atoms with Crippen LogP contribution in [0.5, 0.6) is 0 Å². The van der Waals surface area contributed by atoms with E-state index in [0.717, 1.165) is 10.8 Å². The van der Waals surface area contributed by atoms with Crippen LogP contribution in [0, 0.1) is 11.3 Å². The zero-order chi connectivity index (χ0) is 16.2. The molecular formula is C20H13NO2. The predicted molar refractivity (Wildman–Crippen MR) is 90.5 cm³/mol. The van der Waals surface area contributed by atoms with E-state index in [1.54, 1.807) is 36.4 Å². The van der Waals surface area contributed by atoms with E-state index in [2.05, 4.69) is 0 Å². The average Bonchev–Trinajstić information content (AvgIpc) is 2.59. The number of carbonyl (C=O) groups is 1. The van der Waals surface area contributed by atoms with Gasteiger partial charge in [-0.05, 0) is 28.0 Å². The number of nitriles is 1. The van der Waals surface area contributed by atoms with E-state index in [0.29, 0.717) is 11.1 Å². The fourth-order valence-electron chi connectivity index (χ4n) is 2.59. The molecule has 0 aliphatic rings. The van der Waals surface area contributed by atoms with Crippen LogP contribution in [0.25, 0.3) is 21.9 Å². The molecule has 0 saturated heterocycles. The Kier molecular flexibility index (Phi) is 3.90. The number of fused-ring (bicyclic) bond motifs is 1. The number of allylic oxidation sites excluding steroid dienone is 1. The van der Waals surface area contributed by atoms with Crippen molar-refractivity contribution in [3.63, 3.8) is 0 Å². The van der Waals surface area contributed by atoms with E-state index in [4.69, 9.17) is 0 Å². The maximum absolute atomic E-state index is 11.8. The number of benzene rings is 3. The number of nitrogens with zero attached hydrogens (tertiary/aromatic N) is 1. The minimum Gasteiger partial charge on any atom is -0.478 e. The highest BCUT2D eigenvalue weighted by Crippen LogP contribution is 2.28. The quantitative estimate of drug-likeness (QED) is 0.444. The number of carboxylic acid groups (broad SMARTS) is 1. The summed E-state index contributed by atoms with van der Waals surface area (Å²) >= 11 is 0. The summed E-state index contributed by atoms with van der Waals surface area (Å²) in [6.07, 6.45) is 0. The number of aliphatic carboxylic acids is 1. The lowest BCUT2D eigenvalue weighted by Gasteiger charge is -2.08. The lowest BCUT2D eigenvalue weighted by Crippen LogP contribution is -2.03. The Morgan fingerprint density at radius 2 is 1.48 bits per heavy atom. The molecule has 0 radical (unpaired) electrons. The van der Waals surface area contributed by atoms with E-state index in [1.165, 1.54) is 0 Å². The van der Waals surface area contributed by atoms with Gasteiger partial charge in [0.05, 0.1) is 11.1 Å². The second-order valence-electron chi connectivity index (χ2n) is 5.09. The van der Waals surface area contributed by atoms with Gasteiger partial charge in [0, 0.05) is 0 Å². The standard InChI is InChI=1S/C20H13NO2/c21-13-18(15-7-2-1-3-8-15)19(20(22)23)17-11-10-14-6-4-5-9-16(14)12-17/h1-12H,(H,22,23). The summed E-state index contributed by atoms with van der Waals surface area (Å²) in [5.74, 6) is -1.11. The molecule has 0 atom stereocenters. The molecule has 0 spiro atoms. The Hall–Kier alpha value is -3.38. The highest BCUT2D eigenvalue weighted by Gasteiger charge is 2.18. The Labute approximate surface area is 133 Å². The van der Waals surface area contributed by atoms with Crippen molar-refractivity contribution in [3.05, 3.63) is 83.9 Å². The van der Waals surface area contributed by atoms with Gasteiger partial charge < -0.3 is 5.11 Å². The molecule has 0 fully saturated rings. The second-order valence-corrected chi connectivity index (χ2v) is 5.09. The maximum Gasteiger partial charge on any atom is 0.337 e. The number of rotatable bonds is 3. The molecule has 3 aromatic rings. The number of carboxylic acids is 1. The maximum atomic E-state index is 11.8. The molecule has 0 saturated carbocycles. The molecule has 0 heterocycles. The van der Waals surface area contributed by atoms with Crippen molar-refractivity contribution in [2.45, 2.75) is 0 Å². The van der Waals surface area contributed by atoms with Crippen molar-refractivity contribution < 1.29 is 9.90 Å². The molecule has 0 unspecified atom stereocenters. The van der Waals surface area contributed by atoms with Crippen molar-refractivity contribution in [2.75, 3.05) is 0 Å². The predicted octanol–water partition coefficient (Wildman–Crippen LogP) is 4.36. The summed E-state index contributed by atoms with van der Waals surface area (Å²) in [5, 5.41) is 21.1. The zero-order valence-electron chi connectivity index (χ0n) is 12.2. The van der Waals surface area contributed by atoms with Gasteiger partial charge in [0.15, 0.2) is 0 Å². The lowest BCUT2D eigenvalue weighted by atomic mass is 9.94. The van der Waals surface area contributed by atoms with Crippen molar-refractivity contribution in [1.29, 1.82) is 5.26 Å². The molecule has 0 aromatic heterocycles. The Morgan fingerprint density at radius 1 is 0.826 bits per heavy atom. The first kappa shape index (κ1) is 14.6. The summed E-state index contributed by atoms with van der Waals surface area (Å²) in [6.45, 7) is 0. The summed E-state index contributed by atoms with van der Waals surface area (Å²) < 4.78 is 0. The van der Waals surface area contributed by atoms with Gasteiger partial charge in [0.25, 0.3) is 0 Å². The van der Waals surface area contributed by atoms with E-state index >= 15 is 0 Å². The normalized spacial score (nSPS) is 11.6. The highest BCUT2D eigenvalue weighted by atomic mass is 16.4. The van der Waals surface area contributed by atoms with Crippen LogP contribution in [0.1, 0.15) is 11.1 Å². The van der Waals surface area contributed by atoms with Gasteiger partial charge in [0.1, 0.15) is 6.07 Å². The van der Waals surface area contributed by atoms with Crippen LogP contribution < -0.4 is 0 Å². The van der Waals surface area contributed by atoms with Crippen molar-refractivity contribution in [2.24, 2.45) is 0 Å². The third-order valence-electron chi connectivity index (χ3n) is 3.68. The topological polar surface area (TPSA) is 61.1 Å². The van der Waals surface area contributed by atoms with E-state index < -0.39 is 5.97 Å². The Morgan fingerprint density at radius 3 is 2.13 bits per heavy atom. The van der Waals surface area contributed by atoms with Gasteiger partial charge in [-0.2, -0.15) is 5.26 Å². The van der Waals surface area contributed by atoms with Crippen molar-refractivity contribution >= 4 is 27.9 Å². The summed E-state index contributed by atoms with van der Waals surface area (Å²) in [5.41, 5.74) is 1.30. The molecule has 0 aliphatic carbocycles. The second kappa shape index (κ2) is 6.17. The smallest absolute Gasteiger partial charge is 0.337 e. The summed E-state index contributed by atoms with van der Waals surface area (Å²) in [4.78, 5) is 11.8. The molecule has 0 bridgehead atoms. The van der Waals surface area contributed by atoms with Gasteiger partial charge in [-0.15, -0.1) is 0 Å². The van der Waals surface area contributed by atoms with Crippen LogP contribution in [0.15, 0.2) is 72.8 Å². The van der Waals surface area contributed by atoms with Gasteiger partial charge in [-0.25, -0.2) is 4.79 Å². The molecule has 0 amide bonds. The Bertz CT molecular complexity index is 950. The van der Waals surface area contributed by atoms with Crippen LogP contribution in [0.4, 0.5) is 0 Å². The fraction of sp³-hybridized carbons (Fsp3) is 0. The number of hydrogen-bond donors (Lipinski definition) is 1. The molecule has 3 rings (SSSR count). The van der Waals surface area contributed by atoms with Crippen LogP contribution >= 0.6 is 0 Å². The van der Waals surface area contributed by atoms with Gasteiger partial charge in [-0.1, -0.05) is 66.7 Å². The van der Waals surface area contributed by atoms with Crippen LogP contribution in [-0.2, 0) is 4.79 Å². The van der Waals surface area contributed by atoms with Crippen LogP contribution in [0.3, 0.4) is 0 Å². The van der Waals surface area contributed by atoms with Crippen molar-refractivity contribution in [1.82, 2.24) is 0 Å². The fourth-order valence-corrected chi connectivity index (χ4v) is 2.59. The third kappa shape index (κ3) is 2.83. The molecule has 3 nitrogen and oxygen atoms in total. The van der Waals surface area contributed by atoms with E-state index in [1.807, 2.05) is 42.5 Å². The molecule has 0 aliphatic heterocycles. The molecule has 1 N–H and O–H groups in total. The average molecular weight is 299 g/mol. The molecule has 23 heavy (non-hydrogen) atoms.